The molecule has 0 bridgehead atoms. The highest BCUT2D eigenvalue weighted by Crippen LogP contribution is 2.22. The van der Waals surface area contributed by atoms with Crippen LogP contribution in [0.4, 0.5) is 0 Å². The molecular weight excluding hydrogens is 188 g/mol. The van der Waals surface area contributed by atoms with Crippen LogP contribution in [0.3, 0.4) is 0 Å². The maximum absolute atomic E-state index is 11.0. The number of carboxylic acids is 1. The van der Waals surface area contributed by atoms with Gasteiger partial charge in [0.05, 0.1) is 6.93 Å². The minimum absolute atomic E-state index is 0.224. The Bertz CT molecular complexity index is 535. The van der Waals surface area contributed by atoms with E-state index in [4.69, 9.17) is 6.48 Å². The lowest BCUT2D eigenvalue weighted by Gasteiger charge is -2.05. The number of benzene rings is 2. The van der Waals surface area contributed by atoms with Crippen LogP contribution in [0.5, 0.6) is 0 Å². The number of hydrogen-bond acceptors (Lipinski definition) is 1. The summed E-state index contributed by atoms with van der Waals surface area (Å²) in [5, 5.41) is 9.06. The van der Waals surface area contributed by atoms with Crippen molar-refractivity contribution in [2.45, 2.75) is 0 Å². The molecule has 1 N–H and O–H groups in total. The van der Waals surface area contributed by atoms with Gasteiger partial charge in [-0.15, -0.1) is 0 Å². The summed E-state index contributed by atoms with van der Waals surface area (Å²) in [4.78, 5) is 11.0. The molecule has 0 fully saturated rings. The van der Waals surface area contributed by atoms with Gasteiger partial charge in [0.25, 0.3) is 0 Å². The van der Waals surface area contributed by atoms with Crippen molar-refractivity contribution in [1.82, 2.24) is 0 Å². The molecule has 74 valence electrons. The summed E-state index contributed by atoms with van der Waals surface area (Å²) in [7, 11) is 0. The lowest BCUT2D eigenvalue weighted by molar-refractivity contribution is 0.0698. The summed E-state index contributed by atoms with van der Waals surface area (Å²) in [6.45, 7) is 0. The van der Waals surface area contributed by atoms with E-state index in [0.29, 0.717) is 17.2 Å². The van der Waals surface area contributed by atoms with E-state index in [2.05, 4.69) is 0 Å². The number of carbonyl (C=O) groups is 1. The van der Waals surface area contributed by atoms with Gasteiger partial charge in [-0.05, 0) is 17.2 Å². The number of aromatic carboxylic acids is 1. The fourth-order valence-electron chi connectivity index (χ4n) is 1.47. The van der Waals surface area contributed by atoms with Crippen LogP contribution >= 0.6 is 0 Å². The molecule has 2 aromatic rings. The minimum atomic E-state index is -0.973. The Morgan fingerprint density at radius 3 is 2.53 bits per heavy atom. The molecule has 0 aliphatic heterocycles. The van der Waals surface area contributed by atoms with Crippen LogP contribution in [0.15, 0.2) is 54.6 Å². The average Bonchev–Trinajstić information content (AvgIpc) is 2.29. The quantitative estimate of drug-likeness (QED) is 0.807. The van der Waals surface area contributed by atoms with Crippen molar-refractivity contribution in [3.63, 3.8) is 0 Å². The standard InChI is InChI=1S/C13H10O2/c14-13(15)12-9-5-4-8-11(12)10-6-2-1-3-7-10/h1-9H,(H,14,15)/i6D. The first-order valence-corrected chi connectivity index (χ1v) is 4.58. The highest BCUT2D eigenvalue weighted by Gasteiger charge is 2.09. The molecule has 2 rings (SSSR count). The Hall–Kier alpha value is -2.09. The monoisotopic (exact) mass is 199 g/mol. The molecule has 2 heteroatoms. The predicted octanol–water partition coefficient (Wildman–Crippen LogP) is 3.05. The summed E-state index contributed by atoms with van der Waals surface area (Å²) in [6, 6.07) is 14.0. The molecule has 0 saturated carbocycles. The highest BCUT2D eigenvalue weighted by molar-refractivity contribution is 5.95. The van der Waals surface area contributed by atoms with E-state index < -0.39 is 5.97 Å². The topological polar surface area (TPSA) is 37.3 Å². The van der Waals surface area contributed by atoms with Crippen molar-refractivity contribution in [2.75, 3.05) is 0 Å². The van der Waals surface area contributed by atoms with E-state index in [1.807, 2.05) is 0 Å². The molecule has 0 aliphatic carbocycles. The van der Waals surface area contributed by atoms with Crippen molar-refractivity contribution in [1.29, 1.82) is 0 Å². The van der Waals surface area contributed by atoms with E-state index in [0.717, 1.165) is 0 Å². The van der Waals surface area contributed by atoms with Crippen molar-refractivity contribution in [2.24, 2.45) is 0 Å². The zero-order chi connectivity index (χ0) is 11.5. The smallest absolute Gasteiger partial charge is 0.336 e. The summed E-state index contributed by atoms with van der Waals surface area (Å²) in [5.41, 5.74) is 1.45. The average molecular weight is 199 g/mol. The van der Waals surface area contributed by atoms with Gasteiger partial charge in [0.15, 0.2) is 0 Å². The van der Waals surface area contributed by atoms with E-state index >= 15 is 0 Å². The Morgan fingerprint density at radius 2 is 1.80 bits per heavy atom. The Balaban J connectivity index is 2.65. The van der Waals surface area contributed by atoms with Gasteiger partial charge in [0, 0.05) is 0 Å². The van der Waals surface area contributed by atoms with Gasteiger partial charge in [-0.3, -0.25) is 0 Å². The molecule has 0 saturated heterocycles. The first-order chi connectivity index (χ1) is 7.70. The van der Waals surface area contributed by atoms with Gasteiger partial charge in [-0.25, -0.2) is 4.79 Å². The van der Waals surface area contributed by atoms with Gasteiger partial charge >= 0.3 is 5.97 Å². The van der Waals surface area contributed by atoms with Crippen LogP contribution in [0.2, 0.25) is 0 Å². The van der Waals surface area contributed by atoms with E-state index in [1.165, 1.54) is 0 Å². The molecule has 0 aromatic heterocycles. The van der Waals surface area contributed by atoms with E-state index in [9.17, 15) is 4.79 Å². The van der Waals surface area contributed by atoms with Crippen LogP contribution in [0, 0.1) is 0 Å². The normalized spacial score (nSPS) is 10.8. The zero-order valence-electron chi connectivity index (χ0n) is 8.97. The van der Waals surface area contributed by atoms with Gasteiger partial charge in [0.1, 0.15) is 0 Å². The predicted molar refractivity (Wildman–Crippen MR) is 58.8 cm³/mol. The van der Waals surface area contributed by atoms with Crippen LogP contribution < -0.4 is 0 Å². The zero-order valence-corrected chi connectivity index (χ0v) is 7.97. The number of hydrogen-bond donors (Lipinski definition) is 1. The maximum Gasteiger partial charge on any atom is 0.336 e. The molecule has 0 unspecified atom stereocenters. The Morgan fingerprint density at radius 1 is 1.07 bits per heavy atom. The second kappa shape index (κ2) is 3.96. The van der Waals surface area contributed by atoms with Crippen LogP contribution in [-0.2, 0) is 0 Å². The number of carboxylic acid groups (broad SMARTS) is 1. The van der Waals surface area contributed by atoms with Crippen molar-refractivity contribution in [3.05, 3.63) is 60.1 Å². The van der Waals surface area contributed by atoms with Gasteiger partial charge < -0.3 is 5.11 Å². The SMILES string of the molecule is [2H]c1ccccc1-c1ccccc1C(=O)O. The van der Waals surface area contributed by atoms with Crippen LogP contribution in [0.1, 0.15) is 11.7 Å². The van der Waals surface area contributed by atoms with Gasteiger partial charge in [0.2, 0.25) is 0 Å². The highest BCUT2D eigenvalue weighted by atomic mass is 16.4. The molecule has 0 atom stereocenters. The molecule has 0 heterocycles. The lowest BCUT2D eigenvalue weighted by Crippen LogP contribution is -1.98. The molecule has 0 aliphatic rings. The second-order valence-electron chi connectivity index (χ2n) is 3.13. The second-order valence-corrected chi connectivity index (χ2v) is 3.13. The third kappa shape index (κ3) is 1.89. The molecule has 2 nitrogen and oxygen atoms in total. The number of rotatable bonds is 2. The fraction of sp³-hybridized carbons (Fsp3) is 0. The summed E-state index contributed by atoms with van der Waals surface area (Å²) < 4.78 is 7.75. The molecule has 2 aromatic carbocycles. The summed E-state index contributed by atoms with van der Waals surface area (Å²) in [5.74, 6) is -0.973. The molecule has 0 radical (unpaired) electrons. The molecule has 0 amide bonds. The van der Waals surface area contributed by atoms with Crippen molar-refractivity contribution >= 4 is 5.97 Å². The van der Waals surface area contributed by atoms with Crippen molar-refractivity contribution < 1.29 is 11.3 Å². The van der Waals surface area contributed by atoms with Crippen LogP contribution in [-0.4, -0.2) is 11.1 Å². The molecule has 15 heavy (non-hydrogen) atoms. The summed E-state index contributed by atoms with van der Waals surface area (Å²) >= 11 is 0. The van der Waals surface area contributed by atoms with Gasteiger partial charge in [-0.2, -0.15) is 0 Å². The van der Waals surface area contributed by atoms with Gasteiger partial charge in [-0.1, -0.05) is 48.5 Å². The fourth-order valence-corrected chi connectivity index (χ4v) is 1.47. The summed E-state index contributed by atoms with van der Waals surface area (Å²) in [6.07, 6.45) is 0. The van der Waals surface area contributed by atoms with E-state index in [-0.39, 0.29) is 5.56 Å². The lowest BCUT2D eigenvalue weighted by atomic mass is 10.00. The Kier molecular flexibility index (Phi) is 2.18. The Labute approximate surface area is 89.2 Å². The molecular formula is C13H10O2. The molecule has 0 spiro atoms. The largest absolute Gasteiger partial charge is 0.478 e. The van der Waals surface area contributed by atoms with Crippen molar-refractivity contribution in [3.8, 4) is 11.1 Å². The first-order valence-electron chi connectivity index (χ1n) is 5.08. The third-order valence-corrected chi connectivity index (χ3v) is 2.16. The van der Waals surface area contributed by atoms with Crippen LogP contribution in [0.25, 0.3) is 11.1 Å². The third-order valence-electron chi connectivity index (χ3n) is 2.16. The minimum Gasteiger partial charge on any atom is -0.478 e. The van der Waals surface area contributed by atoms with E-state index in [1.54, 1.807) is 48.5 Å². The first kappa shape index (κ1) is 8.24. The maximum atomic E-state index is 11.0.